The second-order valence-corrected chi connectivity index (χ2v) is 10.1. The molecule has 0 radical (unpaired) electrons. The van der Waals surface area contributed by atoms with Crippen LogP contribution in [-0.2, 0) is 20.0 Å². The highest BCUT2D eigenvalue weighted by molar-refractivity contribution is 7.92. The van der Waals surface area contributed by atoms with Gasteiger partial charge in [0.25, 0.3) is 10.0 Å². The van der Waals surface area contributed by atoms with E-state index in [0.29, 0.717) is 18.8 Å². The van der Waals surface area contributed by atoms with Crippen LogP contribution in [0.25, 0.3) is 0 Å². The molecule has 2 aromatic carbocycles. The van der Waals surface area contributed by atoms with Crippen molar-refractivity contribution in [3.63, 3.8) is 0 Å². The van der Waals surface area contributed by atoms with E-state index in [0.717, 1.165) is 24.0 Å². The number of rotatable bonds is 5. The predicted molar refractivity (Wildman–Crippen MR) is 101 cm³/mol. The number of anilines is 1. The maximum Gasteiger partial charge on any atom is 0.261 e. The fourth-order valence-corrected chi connectivity index (χ4v) is 5.45. The summed E-state index contributed by atoms with van der Waals surface area (Å²) in [6.45, 7) is 4.88. The molecule has 0 unspecified atom stereocenters. The Morgan fingerprint density at radius 3 is 1.96 bits per heavy atom. The third-order valence-electron chi connectivity index (χ3n) is 4.60. The molecule has 0 bridgehead atoms. The maximum atomic E-state index is 12.5. The van der Waals surface area contributed by atoms with Crippen LogP contribution in [0.15, 0.2) is 52.3 Å². The van der Waals surface area contributed by atoms with E-state index in [4.69, 9.17) is 0 Å². The van der Waals surface area contributed by atoms with E-state index in [1.807, 2.05) is 19.9 Å². The molecule has 1 fully saturated rings. The van der Waals surface area contributed by atoms with Crippen molar-refractivity contribution in [1.82, 2.24) is 4.31 Å². The van der Waals surface area contributed by atoms with E-state index in [9.17, 15) is 16.8 Å². The minimum Gasteiger partial charge on any atom is -0.280 e. The predicted octanol–water partition coefficient (Wildman–Crippen LogP) is 2.89. The lowest BCUT2D eigenvalue weighted by Crippen LogP contribution is -2.27. The molecule has 0 amide bonds. The third-order valence-corrected chi connectivity index (χ3v) is 7.91. The summed E-state index contributed by atoms with van der Waals surface area (Å²) in [7, 11) is -7.33. The maximum absolute atomic E-state index is 12.5. The molecule has 26 heavy (non-hydrogen) atoms. The summed E-state index contributed by atoms with van der Waals surface area (Å²) in [6, 6.07) is 10.7. The fourth-order valence-electron chi connectivity index (χ4n) is 2.89. The van der Waals surface area contributed by atoms with Gasteiger partial charge in [0.05, 0.1) is 9.79 Å². The molecule has 1 heterocycles. The van der Waals surface area contributed by atoms with Crippen LogP contribution in [0, 0.1) is 13.8 Å². The minimum absolute atomic E-state index is 0.0242. The van der Waals surface area contributed by atoms with Crippen LogP contribution >= 0.6 is 0 Å². The Labute approximate surface area is 155 Å². The van der Waals surface area contributed by atoms with Gasteiger partial charge in [-0.25, -0.2) is 16.8 Å². The van der Waals surface area contributed by atoms with E-state index >= 15 is 0 Å². The number of hydrogen-bond acceptors (Lipinski definition) is 4. The number of nitrogens with one attached hydrogen (secondary N) is 1. The first-order valence-corrected chi connectivity index (χ1v) is 11.3. The molecule has 0 saturated carbocycles. The van der Waals surface area contributed by atoms with Gasteiger partial charge >= 0.3 is 0 Å². The van der Waals surface area contributed by atoms with E-state index in [-0.39, 0.29) is 9.79 Å². The van der Waals surface area contributed by atoms with Crippen LogP contribution in [0.4, 0.5) is 5.69 Å². The number of benzene rings is 2. The highest BCUT2D eigenvalue weighted by Crippen LogP contribution is 2.23. The molecular weight excluding hydrogens is 372 g/mol. The lowest BCUT2D eigenvalue weighted by atomic mass is 10.1. The zero-order chi connectivity index (χ0) is 18.9. The van der Waals surface area contributed by atoms with E-state index in [1.54, 1.807) is 12.1 Å². The Balaban J connectivity index is 1.83. The van der Waals surface area contributed by atoms with Gasteiger partial charge in [0.15, 0.2) is 0 Å². The first-order valence-electron chi connectivity index (χ1n) is 8.40. The Kier molecular flexibility index (Phi) is 5.09. The molecular formula is C18H22N2O4S2. The Morgan fingerprint density at radius 2 is 1.38 bits per heavy atom. The molecule has 3 rings (SSSR count). The molecule has 1 aliphatic rings. The van der Waals surface area contributed by atoms with Gasteiger partial charge in [0, 0.05) is 18.8 Å². The quantitative estimate of drug-likeness (QED) is 0.845. The van der Waals surface area contributed by atoms with Crippen LogP contribution < -0.4 is 4.72 Å². The van der Waals surface area contributed by atoms with Gasteiger partial charge < -0.3 is 0 Å². The first kappa shape index (κ1) is 18.9. The number of aryl methyl sites for hydroxylation is 2. The molecule has 2 aromatic rings. The molecule has 1 N–H and O–H groups in total. The molecule has 6 nitrogen and oxygen atoms in total. The smallest absolute Gasteiger partial charge is 0.261 e. The van der Waals surface area contributed by atoms with Crippen LogP contribution in [0.5, 0.6) is 0 Å². The molecule has 1 aliphatic heterocycles. The Bertz CT molecular complexity index is 1010. The van der Waals surface area contributed by atoms with Crippen molar-refractivity contribution in [2.45, 2.75) is 36.5 Å². The summed E-state index contributed by atoms with van der Waals surface area (Å²) in [6.07, 6.45) is 1.71. The first-order chi connectivity index (χ1) is 12.2. The summed E-state index contributed by atoms with van der Waals surface area (Å²) in [4.78, 5) is 0.139. The standard InChI is InChI=1S/C18H22N2O4S2/c1-14-5-6-16(13-15(14)2)19-25(21,22)17-7-9-18(10-8-17)26(23,24)20-11-3-4-12-20/h5-10,13,19H,3-4,11-12H2,1-2H3. The minimum atomic E-state index is -3.78. The number of nitrogens with zero attached hydrogens (tertiary/aromatic N) is 1. The summed E-state index contributed by atoms with van der Waals surface area (Å²) in [5.41, 5.74) is 2.53. The van der Waals surface area contributed by atoms with Crippen molar-refractivity contribution in [3.05, 3.63) is 53.6 Å². The average molecular weight is 395 g/mol. The van der Waals surface area contributed by atoms with Gasteiger partial charge in [-0.2, -0.15) is 4.31 Å². The molecule has 0 atom stereocenters. The van der Waals surface area contributed by atoms with Crippen molar-refractivity contribution in [3.8, 4) is 0 Å². The lowest BCUT2D eigenvalue weighted by molar-refractivity contribution is 0.477. The van der Waals surface area contributed by atoms with Crippen LogP contribution in [0.3, 0.4) is 0 Å². The highest BCUT2D eigenvalue weighted by Gasteiger charge is 2.27. The molecule has 0 spiro atoms. The second kappa shape index (κ2) is 7.02. The van der Waals surface area contributed by atoms with Crippen LogP contribution in [0.1, 0.15) is 24.0 Å². The fraction of sp³-hybridized carbons (Fsp3) is 0.333. The molecule has 140 valence electrons. The summed E-state index contributed by atoms with van der Waals surface area (Å²) in [5.74, 6) is 0. The van der Waals surface area contributed by atoms with Gasteiger partial charge in [-0.15, -0.1) is 0 Å². The van der Waals surface area contributed by atoms with Gasteiger partial charge in [0.1, 0.15) is 0 Å². The van der Waals surface area contributed by atoms with E-state index < -0.39 is 20.0 Å². The topological polar surface area (TPSA) is 83.5 Å². The van der Waals surface area contributed by atoms with Crippen LogP contribution in [-0.4, -0.2) is 34.2 Å². The van der Waals surface area contributed by atoms with Crippen LogP contribution in [0.2, 0.25) is 0 Å². The molecule has 8 heteroatoms. The largest absolute Gasteiger partial charge is 0.280 e. The van der Waals surface area contributed by atoms with E-state index in [2.05, 4.69) is 4.72 Å². The van der Waals surface area contributed by atoms with Gasteiger partial charge in [-0.05, 0) is 74.2 Å². The summed E-state index contributed by atoms with van der Waals surface area (Å²) >= 11 is 0. The van der Waals surface area contributed by atoms with Gasteiger partial charge in [-0.3, -0.25) is 4.72 Å². The zero-order valence-electron chi connectivity index (χ0n) is 14.8. The summed E-state index contributed by atoms with van der Waals surface area (Å²) in [5, 5.41) is 0. The normalized spacial score (nSPS) is 15.9. The SMILES string of the molecule is Cc1ccc(NS(=O)(=O)c2ccc(S(=O)(=O)N3CCCC3)cc2)cc1C. The Morgan fingerprint density at radius 1 is 0.808 bits per heavy atom. The lowest BCUT2D eigenvalue weighted by Gasteiger charge is -2.16. The monoisotopic (exact) mass is 394 g/mol. The zero-order valence-corrected chi connectivity index (χ0v) is 16.4. The molecule has 0 aliphatic carbocycles. The molecule has 0 aromatic heterocycles. The van der Waals surface area contributed by atoms with Crippen molar-refractivity contribution < 1.29 is 16.8 Å². The van der Waals surface area contributed by atoms with E-state index in [1.165, 1.54) is 28.6 Å². The number of sulfonamides is 2. The Hall–Kier alpha value is -1.90. The van der Waals surface area contributed by atoms with Crippen molar-refractivity contribution in [2.24, 2.45) is 0 Å². The third kappa shape index (κ3) is 3.77. The van der Waals surface area contributed by atoms with Gasteiger partial charge in [-0.1, -0.05) is 6.07 Å². The van der Waals surface area contributed by atoms with Crippen molar-refractivity contribution in [1.29, 1.82) is 0 Å². The van der Waals surface area contributed by atoms with Crippen molar-refractivity contribution >= 4 is 25.7 Å². The molecule has 1 saturated heterocycles. The number of hydrogen-bond donors (Lipinski definition) is 1. The second-order valence-electron chi connectivity index (χ2n) is 6.49. The van der Waals surface area contributed by atoms with Gasteiger partial charge in [0.2, 0.25) is 10.0 Å². The summed E-state index contributed by atoms with van der Waals surface area (Å²) < 4.78 is 54.1. The highest BCUT2D eigenvalue weighted by atomic mass is 32.2. The van der Waals surface area contributed by atoms with Crippen molar-refractivity contribution in [2.75, 3.05) is 17.8 Å². The average Bonchev–Trinajstić information content (AvgIpc) is 3.13.